The standard InChI is InChI=1S/2C9H9.2ClH.Zr/c2*1-2-5-9-7-3-6-8(9)4-1;;;/h2*3-4,7H,1-2,5H2;2*1H;/q2*-1;;;+4/p-2. The summed E-state index contributed by atoms with van der Waals surface area (Å²) in [6, 6.07) is 0. The molecule has 108 valence electrons. The molecule has 0 unspecified atom stereocenters. The predicted octanol–water partition coefficient (Wildman–Crippen LogP) is 6.17. The fourth-order valence-corrected chi connectivity index (χ4v) is 2.72. The topological polar surface area (TPSA) is 0 Å². The van der Waals surface area contributed by atoms with Gasteiger partial charge >= 0.3 is 37.9 Å². The Morgan fingerprint density at radius 1 is 0.810 bits per heavy atom. The molecular weight excluding hydrogens is 378 g/mol. The van der Waals surface area contributed by atoms with Gasteiger partial charge in [0, 0.05) is 0 Å². The summed E-state index contributed by atoms with van der Waals surface area (Å²) in [5, 5.41) is 0. The van der Waals surface area contributed by atoms with Crippen LogP contribution in [0.15, 0.2) is 58.7 Å². The third-order valence-corrected chi connectivity index (χ3v) is 3.74. The third-order valence-electron chi connectivity index (χ3n) is 3.74. The van der Waals surface area contributed by atoms with Gasteiger partial charge in [0.1, 0.15) is 0 Å². The average molecular weight is 396 g/mol. The van der Waals surface area contributed by atoms with Crippen LogP contribution >= 0.6 is 17.0 Å². The van der Waals surface area contributed by atoms with Crippen molar-refractivity contribution in [2.24, 2.45) is 0 Å². The normalized spacial score (nSPS) is 20.3. The molecule has 0 aromatic heterocycles. The number of hydrogen-bond donors (Lipinski definition) is 0. The van der Waals surface area contributed by atoms with Crippen molar-refractivity contribution >= 4 is 17.0 Å². The van der Waals surface area contributed by atoms with Gasteiger partial charge in [-0.2, -0.15) is 58.7 Å². The molecule has 0 saturated heterocycles. The van der Waals surface area contributed by atoms with Gasteiger partial charge in [-0.3, -0.25) is 0 Å². The first-order chi connectivity index (χ1) is 10.3. The van der Waals surface area contributed by atoms with Crippen molar-refractivity contribution in [3.05, 3.63) is 70.9 Å². The minimum atomic E-state index is -0.826. The van der Waals surface area contributed by atoms with Crippen molar-refractivity contribution in [3.8, 4) is 0 Å². The molecule has 0 atom stereocenters. The fourth-order valence-electron chi connectivity index (χ4n) is 2.72. The van der Waals surface area contributed by atoms with E-state index in [1.54, 1.807) is 0 Å². The van der Waals surface area contributed by atoms with E-state index in [2.05, 4.69) is 36.5 Å². The van der Waals surface area contributed by atoms with Gasteiger partial charge in [0.15, 0.2) is 0 Å². The summed E-state index contributed by atoms with van der Waals surface area (Å²) < 4.78 is 0. The Morgan fingerprint density at radius 3 is 1.62 bits per heavy atom. The third kappa shape index (κ3) is 5.55. The van der Waals surface area contributed by atoms with Crippen LogP contribution < -0.4 is 0 Å². The fraction of sp³-hybridized carbons (Fsp3) is 0.333. The monoisotopic (exact) mass is 394 g/mol. The second kappa shape index (κ2) is 9.83. The molecule has 4 rings (SSSR count). The molecular formula is C18H18Cl2Zr. The first kappa shape index (κ1) is 17.3. The summed E-state index contributed by atoms with van der Waals surface area (Å²) in [6.45, 7) is 0. The Bertz CT molecular complexity index is 485. The number of rotatable bonds is 0. The van der Waals surface area contributed by atoms with E-state index in [1.807, 2.05) is 12.2 Å². The zero-order valence-corrected chi connectivity index (χ0v) is 15.9. The zero-order chi connectivity index (χ0) is 14.9. The molecule has 0 heterocycles. The van der Waals surface area contributed by atoms with Crippen molar-refractivity contribution in [2.45, 2.75) is 38.5 Å². The van der Waals surface area contributed by atoms with Gasteiger partial charge in [-0.15, -0.1) is 12.2 Å². The maximum absolute atomic E-state index is 4.93. The summed E-state index contributed by atoms with van der Waals surface area (Å²) in [5.41, 5.74) is 5.67. The molecule has 0 nitrogen and oxygen atoms in total. The molecule has 21 heavy (non-hydrogen) atoms. The molecule has 0 bridgehead atoms. The van der Waals surface area contributed by atoms with Crippen LogP contribution in [0.2, 0.25) is 0 Å². The van der Waals surface area contributed by atoms with E-state index >= 15 is 0 Å². The molecule has 4 aliphatic rings. The molecule has 0 aliphatic heterocycles. The molecule has 0 N–H and O–H groups in total. The van der Waals surface area contributed by atoms with Crippen LogP contribution in [0.1, 0.15) is 38.5 Å². The minimum absolute atomic E-state index is 0.826. The second-order valence-corrected chi connectivity index (χ2v) is 8.83. The summed E-state index contributed by atoms with van der Waals surface area (Å²) in [6.07, 6.45) is 27.0. The molecule has 4 aliphatic carbocycles. The molecule has 0 spiro atoms. The number of hydrogen-bond acceptors (Lipinski definition) is 0. The van der Waals surface area contributed by atoms with Crippen molar-refractivity contribution in [3.63, 3.8) is 0 Å². The van der Waals surface area contributed by atoms with Crippen LogP contribution in [0, 0.1) is 12.2 Å². The first-order valence-electron chi connectivity index (χ1n) is 7.30. The Kier molecular flexibility index (Phi) is 8.08. The van der Waals surface area contributed by atoms with E-state index in [0.29, 0.717) is 0 Å². The van der Waals surface area contributed by atoms with Crippen LogP contribution in [0.25, 0.3) is 0 Å². The second-order valence-electron chi connectivity index (χ2n) is 5.10. The van der Waals surface area contributed by atoms with Crippen LogP contribution in [-0.2, 0) is 20.8 Å². The molecule has 3 heteroatoms. The van der Waals surface area contributed by atoms with E-state index in [1.165, 1.54) is 60.8 Å². The molecule has 0 aromatic carbocycles. The predicted molar refractivity (Wildman–Crippen MR) is 87.4 cm³/mol. The maximum atomic E-state index is 4.93. The van der Waals surface area contributed by atoms with Gasteiger partial charge in [0.25, 0.3) is 0 Å². The van der Waals surface area contributed by atoms with Crippen LogP contribution in [0.4, 0.5) is 0 Å². The van der Waals surface area contributed by atoms with E-state index in [9.17, 15) is 0 Å². The van der Waals surface area contributed by atoms with E-state index in [0.717, 1.165) is 0 Å². The van der Waals surface area contributed by atoms with Gasteiger partial charge in [-0.05, 0) is 0 Å². The van der Waals surface area contributed by atoms with Gasteiger partial charge in [0.2, 0.25) is 0 Å². The summed E-state index contributed by atoms with van der Waals surface area (Å²) in [4.78, 5) is 0. The van der Waals surface area contributed by atoms with E-state index < -0.39 is 20.8 Å². The quantitative estimate of drug-likeness (QED) is 0.430. The van der Waals surface area contributed by atoms with Crippen LogP contribution in [-0.4, -0.2) is 0 Å². The van der Waals surface area contributed by atoms with Gasteiger partial charge in [-0.1, -0.05) is 38.5 Å². The zero-order valence-electron chi connectivity index (χ0n) is 12.0. The summed E-state index contributed by atoms with van der Waals surface area (Å²) in [7, 11) is 9.87. The Balaban J connectivity index is 0.000000130. The van der Waals surface area contributed by atoms with Crippen LogP contribution in [0.3, 0.4) is 0 Å². The van der Waals surface area contributed by atoms with E-state index in [4.69, 9.17) is 17.0 Å². The molecule has 0 radical (unpaired) electrons. The number of allylic oxidation sites excluding steroid dienone is 12. The van der Waals surface area contributed by atoms with Crippen LogP contribution in [0.5, 0.6) is 0 Å². The van der Waals surface area contributed by atoms with Crippen molar-refractivity contribution in [1.82, 2.24) is 0 Å². The van der Waals surface area contributed by atoms with Crippen molar-refractivity contribution < 1.29 is 20.8 Å². The summed E-state index contributed by atoms with van der Waals surface area (Å²) >= 11 is -0.826. The number of fused-ring (bicyclic) bond motifs is 2. The molecule has 0 fully saturated rings. The van der Waals surface area contributed by atoms with E-state index in [-0.39, 0.29) is 0 Å². The average Bonchev–Trinajstić information content (AvgIpc) is 3.17. The molecule has 0 amide bonds. The van der Waals surface area contributed by atoms with Gasteiger partial charge in [-0.25, -0.2) is 0 Å². The Hall–Kier alpha value is -0.0969. The first-order valence-corrected chi connectivity index (χ1v) is 13.6. The molecule has 0 aromatic rings. The molecule has 0 saturated carbocycles. The summed E-state index contributed by atoms with van der Waals surface area (Å²) in [5.74, 6) is 0. The van der Waals surface area contributed by atoms with Gasteiger partial charge in [0.05, 0.1) is 0 Å². The number of halogens is 2. The van der Waals surface area contributed by atoms with Crippen molar-refractivity contribution in [1.29, 1.82) is 0 Å². The van der Waals surface area contributed by atoms with Gasteiger partial charge < -0.3 is 0 Å². The Morgan fingerprint density at radius 2 is 1.24 bits per heavy atom. The SMILES string of the molecule is [C-]1=CC=C2CCCC=C12.[C-]1=CC=C2CCCC=C12.[Cl][Zr+2][Cl]. The van der Waals surface area contributed by atoms with Crippen molar-refractivity contribution in [2.75, 3.05) is 0 Å². The Labute approximate surface area is 146 Å².